The lowest BCUT2D eigenvalue weighted by atomic mass is 9.35. The molecule has 268 valence electrons. The molecule has 0 atom stereocenters. The summed E-state index contributed by atoms with van der Waals surface area (Å²) in [6.45, 7) is 30.5. The van der Waals surface area contributed by atoms with Crippen molar-refractivity contribution in [2.24, 2.45) is 0 Å². The number of anilines is 6. The van der Waals surface area contributed by atoms with Crippen LogP contribution in [0.2, 0.25) is 13.1 Å². The molecule has 0 spiro atoms. The Hall–Kier alpha value is -3.96. The van der Waals surface area contributed by atoms with Crippen LogP contribution >= 0.6 is 0 Å². The molecule has 0 saturated heterocycles. The van der Waals surface area contributed by atoms with Crippen LogP contribution in [0.1, 0.15) is 110 Å². The summed E-state index contributed by atoms with van der Waals surface area (Å²) in [6.07, 6.45) is 2.24. The second kappa shape index (κ2) is 11.5. The maximum Gasteiger partial charge on any atom is 0.297 e. The summed E-state index contributed by atoms with van der Waals surface area (Å²) in [7, 11) is -0.575. The summed E-state index contributed by atoms with van der Waals surface area (Å²) in [6, 6.07) is 30.9. The molecule has 2 aliphatic heterocycles. The first-order chi connectivity index (χ1) is 24.3. The molecule has 3 heterocycles. The third-order valence-corrected chi connectivity index (χ3v) is 13.7. The predicted molar refractivity (Wildman–Crippen MR) is 227 cm³/mol. The van der Waals surface area contributed by atoms with Gasteiger partial charge in [0.05, 0.1) is 11.3 Å². The van der Waals surface area contributed by atoms with Gasteiger partial charge in [0.2, 0.25) is 0 Å². The molecule has 0 saturated carbocycles. The highest BCUT2D eigenvalue weighted by Crippen LogP contribution is 2.54. The maximum atomic E-state index is 7.49. The van der Waals surface area contributed by atoms with Gasteiger partial charge < -0.3 is 14.2 Å². The number of fused-ring (bicyclic) bond motifs is 6. The van der Waals surface area contributed by atoms with Gasteiger partial charge in [0.15, 0.2) is 0 Å². The van der Waals surface area contributed by atoms with Crippen molar-refractivity contribution in [2.75, 3.05) is 9.80 Å². The lowest BCUT2D eigenvalue weighted by Gasteiger charge is -2.44. The highest BCUT2D eigenvalue weighted by atomic mass is 28.3. The van der Waals surface area contributed by atoms with E-state index in [2.05, 4.69) is 178 Å². The van der Waals surface area contributed by atoms with Gasteiger partial charge in [-0.3, -0.25) is 8.80 Å². The Labute approximate surface area is 315 Å². The normalized spacial score (nSPS) is 17.0. The SMILES string of the molecule is Cc1cc2c3c(c1)N(c1ccc([Si-](C)C)cc1)c1c(oc4c1C(C)(C)CCC4(C)C)B3c1cc(C(C)(C)C)ccc1N2c1ccc(C(C)(C)C)cc1. The highest BCUT2D eigenvalue weighted by Gasteiger charge is 2.52. The number of benzene rings is 4. The molecule has 0 fully saturated rings. The van der Waals surface area contributed by atoms with E-state index in [4.69, 9.17) is 4.42 Å². The van der Waals surface area contributed by atoms with Crippen LogP contribution in [0, 0.1) is 6.92 Å². The standard InChI is InChI=1S/C47H56BN2OSi/c1-29-26-37-40-38(27-29)50(33-19-21-34(22-20-33)52(12)13)41-39-42(47(10,11)25-24-46(39,8)9)51-43(41)48(40)35-28-31(45(5,6)7)16-23-36(35)49(37)32-17-14-30(15-18-32)44(2,3)4/h14-23,26-28H,24-25H2,1-13H3/q-1. The summed E-state index contributed by atoms with van der Waals surface area (Å²) in [4.78, 5) is 5.12. The zero-order valence-electron chi connectivity index (χ0n) is 33.8. The van der Waals surface area contributed by atoms with Gasteiger partial charge in [-0.15, -0.1) is 0 Å². The van der Waals surface area contributed by atoms with Crippen LogP contribution in [0.3, 0.4) is 0 Å². The van der Waals surface area contributed by atoms with E-state index in [0.717, 1.165) is 18.5 Å². The zero-order chi connectivity index (χ0) is 37.3. The van der Waals surface area contributed by atoms with Crippen LogP contribution in [-0.2, 0) is 21.7 Å². The first kappa shape index (κ1) is 35.1. The van der Waals surface area contributed by atoms with E-state index in [9.17, 15) is 0 Å². The van der Waals surface area contributed by atoms with E-state index < -0.39 is 8.80 Å². The molecular weight excluding hydrogens is 647 g/mol. The second-order valence-electron chi connectivity index (χ2n) is 19.5. The van der Waals surface area contributed by atoms with Crippen LogP contribution in [-0.4, -0.2) is 15.5 Å². The molecule has 0 unspecified atom stereocenters. The molecule has 3 nitrogen and oxygen atoms in total. The molecule has 1 aromatic heterocycles. The lowest BCUT2D eigenvalue weighted by Crippen LogP contribution is -2.61. The Balaban J connectivity index is 1.49. The molecule has 0 bridgehead atoms. The minimum Gasteiger partial charge on any atom is -0.472 e. The fourth-order valence-corrected chi connectivity index (χ4v) is 9.82. The topological polar surface area (TPSA) is 19.6 Å². The van der Waals surface area contributed by atoms with Gasteiger partial charge in [-0.05, 0) is 106 Å². The fourth-order valence-electron chi connectivity index (χ4n) is 8.99. The Morgan fingerprint density at radius 2 is 1.19 bits per heavy atom. The van der Waals surface area contributed by atoms with Crippen LogP contribution in [0.4, 0.5) is 34.1 Å². The van der Waals surface area contributed by atoms with Crippen molar-refractivity contribution in [3.8, 4) is 0 Å². The fraction of sp³-hybridized carbons (Fsp3) is 0.404. The average Bonchev–Trinajstić information content (AvgIpc) is 3.49. The molecule has 4 aromatic carbocycles. The first-order valence-electron chi connectivity index (χ1n) is 19.4. The molecule has 8 rings (SSSR count). The number of aryl methyl sites for hydroxylation is 1. The summed E-state index contributed by atoms with van der Waals surface area (Å²) >= 11 is 0. The van der Waals surface area contributed by atoms with Gasteiger partial charge in [-0.2, -0.15) is 18.3 Å². The molecule has 0 N–H and O–H groups in total. The number of furan rings is 1. The average molecular weight is 704 g/mol. The van der Waals surface area contributed by atoms with Crippen molar-refractivity contribution in [3.63, 3.8) is 0 Å². The smallest absolute Gasteiger partial charge is 0.297 e. The van der Waals surface area contributed by atoms with Gasteiger partial charge in [0, 0.05) is 39.4 Å². The molecule has 1 aliphatic carbocycles. The number of hydrogen-bond acceptors (Lipinski definition) is 3. The van der Waals surface area contributed by atoms with Crippen LogP contribution in [0.25, 0.3) is 0 Å². The van der Waals surface area contributed by atoms with Crippen molar-refractivity contribution >= 4 is 71.4 Å². The number of hydrogen-bond donors (Lipinski definition) is 0. The molecular formula is C47H56BN2OSi-. The van der Waals surface area contributed by atoms with Gasteiger partial charge in [0.1, 0.15) is 5.76 Å². The van der Waals surface area contributed by atoms with E-state index in [1.165, 1.54) is 78.3 Å². The summed E-state index contributed by atoms with van der Waals surface area (Å²) < 4.78 is 7.49. The van der Waals surface area contributed by atoms with E-state index in [1.807, 2.05) is 0 Å². The summed E-state index contributed by atoms with van der Waals surface area (Å²) in [5.41, 5.74) is 16.5. The molecule has 0 amide bonds. The van der Waals surface area contributed by atoms with Crippen molar-refractivity contribution in [1.29, 1.82) is 0 Å². The lowest BCUT2D eigenvalue weighted by molar-refractivity contribution is 0.282. The number of rotatable bonds is 3. The second-order valence-corrected chi connectivity index (χ2v) is 22.1. The molecule has 0 radical (unpaired) electrons. The Morgan fingerprint density at radius 3 is 1.79 bits per heavy atom. The van der Waals surface area contributed by atoms with Crippen molar-refractivity contribution in [1.82, 2.24) is 0 Å². The van der Waals surface area contributed by atoms with E-state index in [0.29, 0.717) is 0 Å². The Bertz CT molecular complexity index is 2210. The molecule has 5 aromatic rings. The summed E-state index contributed by atoms with van der Waals surface area (Å²) in [5.74, 6) is 1.17. The van der Waals surface area contributed by atoms with Crippen molar-refractivity contribution < 1.29 is 4.42 Å². The largest absolute Gasteiger partial charge is 0.472 e. The molecule has 5 heteroatoms. The number of nitrogens with zero attached hydrogens (tertiary/aromatic N) is 2. The Kier molecular flexibility index (Phi) is 7.77. The third kappa shape index (κ3) is 5.36. The van der Waals surface area contributed by atoms with Gasteiger partial charge in [-0.25, -0.2) is 0 Å². The predicted octanol–water partition coefficient (Wildman–Crippen LogP) is 10.6. The van der Waals surface area contributed by atoms with Crippen LogP contribution in [0.15, 0.2) is 83.3 Å². The van der Waals surface area contributed by atoms with E-state index in [1.54, 1.807) is 0 Å². The zero-order valence-corrected chi connectivity index (χ0v) is 34.8. The Morgan fingerprint density at radius 1 is 0.654 bits per heavy atom. The minimum atomic E-state index is -0.575. The quantitative estimate of drug-likeness (QED) is 0.171. The highest BCUT2D eigenvalue weighted by molar-refractivity contribution is 6.99. The van der Waals surface area contributed by atoms with Crippen LogP contribution in [0.5, 0.6) is 0 Å². The minimum absolute atomic E-state index is 0.00110. The summed E-state index contributed by atoms with van der Waals surface area (Å²) in [5, 5.41) is 1.46. The molecule has 3 aliphatic rings. The van der Waals surface area contributed by atoms with Crippen LogP contribution < -0.4 is 31.6 Å². The molecule has 52 heavy (non-hydrogen) atoms. The first-order valence-corrected chi connectivity index (χ1v) is 21.9. The van der Waals surface area contributed by atoms with Gasteiger partial charge >= 0.3 is 0 Å². The maximum absolute atomic E-state index is 7.49. The van der Waals surface area contributed by atoms with Gasteiger partial charge in [-0.1, -0.05) is 106 Å². The van der Waals surface area contributed by atoms with Crippen molar-refractivity contribution in [3.05, 3.63) is 107 Å². The van der Waals surface area contributed by atoms with Gasteiger partial charge in [0.25, 0.3) is 6.71 Å². The van der Waals surface area contributed by atoms with E-state index in [-0.39, 0.29) is 28.4 Å². The van der Waals surface area contributed by atoms with E-state index >= 15 is 0 Å². The van der Waals surface area contributed by atoms with Crippen molar-refractivity contribution in [2.45, 2.75) is 124 Å². The third-order valence-electron chi connectivity index (χ3n) is 12.3. The monoisotopic (exact) mass is 703 g/mol.